The van der Waals surface area contributed by atoms with Crippen molar-refractivity contribution in [3.8, 4) is 0 Å². The number of fused-ring (bicyclic) bond motifs is 1. The SMILES string of the molecule is CC[NH+](CC(=O)NC(C)(C)C)CC(=O)N1CCc2ccccc21. The molecule has 0 bridgehead atoms. The zero-order chi connectivity index (χ0) is 17.0. The summed E-state index contributed by atoms with van der Waals surface area (Å²) in [6.07, 6.45) is 0.911. The Hall–Kier alpha value is -1.88. The third-order valence-corrected chi connectivity index (χ3v) is 4.01. The van der Waals surface area contributed by atoms with E-state index in [1.807, 2.05) is 50.8 Å². The smallest absolute Gasteiger partial charge is 0.282 e. The number of amides is 2. The highest BCUT2D eigenvalue weighted by Crippen LogP contribution is 2.26. The molecule has 0 spiro atoms. The van der Waals surface area contributed by atoms with Gasteiger partial charge in [0.15, 0.2) is 13.1 Å². The fraction of sp³-hybridized carbons (Fsp3) is 0.556. The fourth-order valence-electron chi connectivity index (χ4n) is 2.91. The van der Waals surface area contributed by atoms with Crippen LogP contribution in [0.1, 0.15) is 33.3 Å². The zero-order valence-corrected chi connectivity index (χ0v) is 14.6. The second-order valence-electron chi connectivity index (χ2n) is 7.18. The van der Waals surface area contributed by atoms with Crippen LogP contribution in [0.3, 0.4) is 0 Å². The molecule has 5 nitrogen and oxygen atoms in total. The monoisotopic (exact) mass is 318 g/mol. The van der Waals surface area contributed by atoms with Crippen LogP contribution in [0.4, 0.5) is 5.69 Å². The molecular weight excluding hydrogens is 290 g/mol. The van der Waals surface area contributed by atoms with Gasteiger partial charge in [0, 0.05) is 17.8 Å². The van der Waals surface area contributed by atoms with Crippen molar-refractivity contribution in [2.24, 2.45) is 0 Å². The van der Waals surface area contributed by atoms with Gasteiger partial charge in [0.05, 0.1) is 6.54 Å². The lowest BCUT2D eigenvalue weighted by molar-refractivity contribution is -0.881. The molecule has 1 aliphatic rings. The van der Waals surface area contributed by atoms with Gasteiger partial charge in [-0.15, -0.1) is 0 Å². The van der Waals surface area contributed by atoms with Crippen molar-refractivity contribution >= 4 is 17.5 Å². The van der Waals surface area contributed by atoms with Crippen molar-refractivity contribution in [3.63, 3.8) is 0 Å². The van der Waals surface area contributed by atoms with Crippen LogP contribution < -0.4 is 15.1 Å². The van der Waals surface area contributed by atoms with Crippen LogP contribution in [-0.4, -0.2) is 43.5 Å². The molecule has 23 heavy (non-hydrogen) atoms. The summed E-state index contributed by atoms with van der Waals surface area (Å²) in [5, 5.41) is 2.96. The molecule has 2 rings (SSSR count). The summed E-state index contributed by atoms with van der Waals surface area (Å²) in [6.45, 7) is 10.1. The first kappa shape index (κ1) is 17.5. The van der Waals surface area contributed by atoms with Gasteiger partial charge in [0.1, 0.15) is 0 Å². The normalized spacial score (nSPS) is 15.2. The minimum Gasteiger partial charge on any atom is -0.347 e. The maximum absolute atomic E-state index is 12.6. The van der Waals surface area contributed by atoms with E-state index in [2.05, 4.69) is 11.4 Å². The van der Waals surface area contributed by atoms with E-state index in [1.165, 1.54) is 5.56 Å². The second-order valence-corrected chi connectivity index (χ2v) is 7.18. The molecule has 0 saturated carbocycles. The number of nitrogens with one attached hydrogen (secondary N) is 2. The van der Waals surface area contributed by atoms with Crippen LogP contribution in [0.2, 0.25) is 0 Å². The van der Waals surface area contributed by atoms with E-state index in [4.69, 9.17) is 0 Å². The van der Waals surface area contributed by atoms with Crippen LogP contribution >= 0.6 is 0 Å². The van der Waals surface area contributed by atoms with Gasteiger partial charge < -0.3 is 15.1 Å². The highest BCUT2D eigenvalue weighted by atomic mass is 16.2. The third-order valence-electron chi connectivity index (χ3n) is 4.01. The van der Waals surface area contributed by atoms with Crippen molar-refractivity contribution in [2.75, 3.05) is 31.1 Å². The Labute approximate surface area is 138 Å². The summed E-state index contributed by atoms with van der Waals surface area (Å²) in [4.78, 5) is 27.5. The largest absolute Gasteiger partial charge is 0.347 e. The number of anilines is 1. The second kappa shape index (κ2) is 7.13. The van der Waals surface area contributed by atoms with Gasteiger partial charge in [-0.2, -0.15) is 0 Å². The van der Waals surface area contributed by atoms with Crippen LogP contribution in [-0.2, 0) is 16.0 Å². The maximum Gasteiger partial charge on any atom is 0.282 e. The summed E-state index contributed by atoms with van der Waals surface area (Å²) in [7, 11) is 0. The van der Waals surface area contributed by atoms with E-state index in [-0.39, 0.29) is 17.4 Å². The minimum absolute atomic E-state index is 0.0102. The van der Waals surface area contributed by atoms with E-state index in [1.54, 1.807) is 0 Å². The molecule has 1 aromatic carbocycles. The summed E-state index contributed by atoms with van der Waals surface area (Å²) in [5.74, 6) is 0.0827. The van der Waals surface area contributed by atoms with E-state index < -0.39 is 0 Å². The molecule has 0 aromatic heterocycles. The Balaban J connectivity index is 1.94. The molecule has 0 saturated heterocycles. The Morgan fingerprint density at radius 1 is 1.22 bits per heavy atom. The predicted octanol–water partition coefficient (Wildman–Crippen LogP) is 0.395. The lowest BCUT2D eigenvalue weighted by Gasteiger charge is -2.24. The van der Waals surface area contributed by atoms with E-state index in [0.717, 1.165) is 30.1 Å². The number of carbonyl (C=O) groups excluding carboxylic acids is 2. The lowest BCUT2D eigenvalue weighted by atomic mass is 10.1. The van der Waals surface area contributed by atoms with Crippen molar-refractivity contribution in [2.45, 2.75) is 39.7 Å². The van der Waals surface area contributed by atoms with Crippen molar-refractivity contribution in [1.29, 1.82) is 0 Å². The number of quaternary nitrogens is 1. The first-order chi connectivity index (χ1) is 10.8. The summed E-state index contributed by atoms with van der Waals surface area (Å²) < 4.78 is 0. The van der Waals surface area contributed by atoms with Gasteiger partial charge in [-0.3, -0.25) is 9.59 Å². The molecule has 1 heterocycles. The zero-order valence-electron chi connectivity index (χ0n) is 14.6. The average Bonchev–Trinajstić information content (AvgIpc) is 2.88. The van der Waals surface area contributed by atoms with Gasteiger partial charge in [-0.1, -0.05) is 18.2 Å². The van der Waals surface area contributed by atoms with Gasteiger partial charge in [0.2, 0.25) is 0 Å². The quantitative estimate of drug-likeness (QED) is 0.825. The highest BCUT2D eigenvalue weighted by molar-refractivity contribution is 5.96. The molecule has 0 fully saturated rings. The molecule has 1 aromatic rings. The number of nitrogens with zero attached hydrogens (tertiary/aromatic N) is 1. The molecule has 1 aliphatic heterocycles. The van der Waals surface area contributed by atoms with E-state index in [0.29, 0.717) is 13.1 Å². The van der Waals surface area contributed by atoms with E-state index >= 15 is 0 Å². The van der Waals surface area contributed by atoms with Crippen LogP contribution in [0.5, 0.6) is 0 Å². The molecule has 0 radical (unpaired) electrons. The fourth-order valence-corrected chi connectivity index (χ4v) is 2.91. The first-order valence-electron chi connectivity index (χ1n) is 8.33. The number of para-hydroxylation sites is 1. The summed E-state index contributed by atoms with van der Waals surface area (Å²) >= 11 is 0. The number of hydrogen-bond acceptors (Lipinski definition) is 2. The molecule has 126 valence electrons. The minimum atomic E-state index is -0.242. The molecule has 5 heteroatoms. The Morgan fingerprint density at radius 2 is 1.91 bits per heavy atom. The van der Waals surface area contributed by atoms with Gasteiger partial charge in [0.25, 0.3) is 11.8 Å². The molecule has 0 aliphatic carbocycles. The van der Waals surface area contributed by atoms with Crippen LogP contribution in [0.15, 0.2) is 24.3 Å². The predicted molar refractivity (Wildman–Crippen MR) is 91.6 cm³/mol. The molecule has 2 N–H and O–H groups in total. The van der Waals surface area contributed by atoms with Crippen molar-refractivity contribution < 1.29 is 14.5 Å². The standard InChI is InChI=1S/C18H27N3O2/c1-5-20(12-16(22)19-18(2,3)4)13-17(23)21-11-10-14-8-6-7-9-15(14)21/h6-9H,5,10-13H2,1-4H3,(H,19,22)/p+1. The van der Waals surface area contributed by atoms with Gasteiger partial charge in [-0.05, 0) is 45.7 Å². The topological polar surface area (TPSA) is 53.9 Å². The number of carbonyl (C=O) groups is 2. The van der Waals surface area contributed by atoms with Crippen LogP contribution in [0.25, 0.3) is 0 Å². The van der Waals surface area contributed by atoms with Crippen molar-refractivity contribution in [1.82, 2.24) is 5.32 Å². The molecule has 2 amide bonds. The highest BCUT2D eigenvalue weighted by Gasteiger charge is 2.27. The molecular formula is C18H28N3O2+. The van der Waals surface area contributed by atoms with Gasteiger partial charge in [-0.25, -0.2) is 0 Å². The van der Waals surface area contributed by atoms with Crippen molar-refractivity contribution in [3.05, 3.63) is 29.8 Å². The summed E-state index contributed by atoms with van der Waals surface area (Å²) in [5.41, 5.74) is 2.00. The summed E-state index contributed by atoms with van der Waals surface area (Å²) in [6, 6.07) is 8.04. The van der Waals surface area contributed by atoms with Crippen LogP contribution in [0, 0.1) is 0 Å². The Morgan fingerprint density at radius 3 is 2.57 bits per heavy atom. The molecule has 1 unspecified atom stereocenters. The Kier molecular flexibility index (Phi) is 5.42. The first-order valence-corrected chi connectivity index (χ1v) is 8.33. The number of benzene rings is 1. The maximum atomic E-state index is 12.6. The average molecular weight is 318 g/mol. The Bertz CT molecular complexity index is 578. The molecule has 1 atom stereocenters. The lowest BCUT2D eigenvalue weighted by Crippen LogP contribution is -3.14. The van der Waals surface area contributed by atoms with Gasteiger partial charge >= 0.3 is 0 Å². The van der Waals surface area contributed by atoms with E-state index in [9.17, 15) is 9.59 Å². The number of hydrogen-bond donors (Lipinski definition) is 2. The number of rotatable bonds is 5. The third kappa shape index (κ3) is 4.79. The number of likely N-dealkylation sites (N-methyl/N-ethyl adjacent to an activating group) is 1.